The Balaban J connectivity index is 2.01. The number of carbonyl (C=O) groups is 1. The van der Waals surface area contributed by atoms with Crippen LogP contribution in [0.3, 0.4) is 0 Å². The number of nitrogen functional groups attached to an aromatic ring is 1. The summed E-state index contributed by atoms with van der Waals surface area (Å²) >= 11 is 0. The molecule has 2 rings (SSSR count). The Labute approximate surface area is 113 Å². The van der Waals surface area contributed by atoms with Crippen molar-refractivity contribution in [3.8, 4) is 0 Å². The van der Waals surface area contributed by atoms with Gasteiger partial charge in [0.1, 0.15) is 0 Å². The van der Waals surface area contributed by atoms with Gasteiger partial charge in [-0.15, -0.1) is 0 Å². The number of anilines is 2. The molecule has 0 saturated carbocycles. The molecule has 19 heavy (non-hydrogen) atoms. The molecule has 1 aliphatic rings. The molecular formula is C14H21N3O2. The van der Waals surface area contributed by atoms with Crippen molar-refractivity contribution >= 4 is 17.3 Å². The van der Waals surface area contributed by atoms with Gasteiger partial charge in [0.2, 0.25) is 0 Å². The molecule has 5 nitrogen and oxygen atoms in total. The molecule has 0 aromatic heterocycles. The number of nitrogens with one attached hydrogen (secondary N) is 2. The van der Waals surface area contributed by atoms with Gasteiger partial charge in [0.15, 0.2) is 0 Å². The monoisotopic (exact) mass is 263 g/mol. The third-order valence-electron chi connectivity index (χ3n) is 3.26. The molecule has 1 amide bonds. The van der Waals surface area contributed by atoms with Gasteiger partial charge in [0.05, 0.1) is 18.0 Å². The number of nitrogens with two attached hydrogens (primary N) is 1. The van der Waals surface area contributed by atoms with Crippen molar-refractivity contribution in [3.63, 3.8) is 0 Å². The average Bonchev–Trinajstić information content (AvgIpc) is 2.91. The zero-order valence-corrected chi connectivity index (χ0v) is 11.2. The maximum atomic E-state index is 11.8. The molecule has 1 heterocycles. The number of rotatable bonds is 5. The molecule has 1 aromatic carbocycles. The summed E-state index contributed by atoms with van der Waals surface area (Å²) in [5.74, 6) is 0.447. The summed E-state index contributed by atoms with van der Waals surface area (Å²) in [4.78, 5) is 11.8. The lowest BCUT2D eigenvalue weighted by Crippen LogP contribution is -2.23. The molecule has 1 unspecified atom stereocenters. The molecule has 1 aliphatic heterocycles. The molecule has 104 valence electrons. The van der Waals surface area contributed by atoms with Crippen LogP contribution in [0.1, 0.15) is 23.7 Å². The molecule has 1 atom stereocenters. The lowest BCUT2D eigenvalue weighted by atomic mass is 10.1. The summed E-state index contributed by atoms with van der Waals surface area (Å²) in [5.41, 5.74) is 8.02. The lowest BCUT2D eigenvalue weighted by molar-refractivity contribution is 0.0956. The minimum Gasteiger partial charge on any atom is -0.397 e. The van der Waals surface area contributed by atoms with Crippen LogP contribution in [0.25, 0.3) is 0 Å². The van der Waals surface area contributed by atoms with Crippen molar-refractivity contribution in [1.29, 1.82) is 0 Å². The lowest BCUT2D eigenvalue weighted by Gasteiger charge is -2.14. The molecule has 0 spiro atoms. The van der Waals surface area contributed by atoms with Crippen LogP contribution in [-0.2, 0) is 4.74 Å². The predicted octanol–water partition coefficient (Wildman–Crippen LogP) is 1.47. The maximum Gasteiger partial charge on any atom is 0.251 e. The van der Waals surface area contributed by atoms with Crippen LogP contribution in [0.4, 0.5) is 11.4 Å². The van der Waals surface area contributed by atoms with E-state index < -0.39 is 0 Å². The van der Waals surface area contributed by atoms with Gasteiger partial charge in [-0.05, 0) is 31.5 Å². The van der Waals surface area contributed by atoms with E-state index in [0.717, 1.165) is 31.9 Å². The van der Waals surface area contributed by atoms with Crippen LogP contribution in [0.5, 0.6) is 0 Å². The van der Waals surface area contributed by atoms with Gasteiger partial charge in [-0.1, -0.05) is 0 Å². The summed E-state index contributed by atoms with van der Waals surface area (Å²) in [7, 11) is 0. The number of hydrogen-bond donors (Lipinski definition) is 3. The van der Waals surface area contributed by atoms with Crippen LogP contribution < -0.4 is 16.4 Å². The Morgan fingerprint density at radius 3 is 3.05 bits per heavy atom. The Hall–Kier alpha value is -1.75. The third kappa shape index (κ3) is 3.61. The first kappa shape index (κ1) is 13.7. The van der Waals surface area contributed by atoms with E-state index in [1.165, 1.54) is 0 Å². The zero-order chi connectivity index (χ0) is 13.7. The fraction of sp³-hybridized carbons (Fsp3) is 0.500. The van der Waals surface area contributed by atoms with E-state index in [9.17, 15) is 4.79 Å². The normalized spacial score (nSPS) is 18.3. The van der Waals surface area contributed by atoms with Gasteiger partial charge in [0, 0.05) is 31.2 Å². The first-order chi connectivity index (χ1) is 9.20. The molecule has 1 aromatic rings. The van der Waals surface area contributed by atoms with Gasteiger partial charge in [-0.2, -0.15) is 0 Å². The number of hydrogen-bond acceptors (Lipinski definition) is 4. The fourth-order valence-electron chi connectivity index (χ4n) is 2.11. The SMILES string of the molecule is CCNC(=O)c1ccc(N)c(NCC2CCOC2)c1. The summed E-state index contributed by atoms with van der Waals surface area (Å²) in [5, 5.41) is 6.09. The zero-order valence-electron chi connectivity index (χ0n) is 11.2. The predicted molar refractivity (Wildman–Crippen MR) is 76.3 cm³/mol. The van der Waals surface area contributed by atoms with Gasteiger partial charge in [-0.25, -0.2) is 0 Å². The highest BCUT2D eigenvalue weighted by atomic mass is 16.5. The van der Waals surface area contributed by atoms with Crippen molar-refractivity contribution in [2.75, 3.05) is 37.4 Å². The third-order valence-corrected chi connectivity index (χ3v) is 3.26. The second-order valence-corrected chi connectivity index (χ2v) is 4.77. The maximum absolute atomic E-state index is 11.8. The summed E-state index contributed by atoms with van der Waals surface area (Å²) in [6, 6.07) is 5.30. The Kier molecular flexibility index (Phi) is 4.63. The van der Waals surface area contributed by atoms with Crippen LogP contribution in [0, 0.1) is 5.92 Å². The number of benzene rings is 1. The highest BCUT2D eigenvalue weighted by Gasteiger charge is 2.16. The Morgan fingerprint density at radius 1 is 1.53 bits per heavy atom. The van der Waals surface area contributed by atoms with Gasteiger partial charge in [-0.3, -0.25) is 4.79 Å². The van der Waals surface area contributed by atoms with Gasteiger partial charge in [0.25, 0.3) is 5.91 Å². The average molecular weight is 263 g/mol. The largest absolute Gasteiger partial charge is 0.397 e. The quantitative estimate of drug-likeness (QED) is 0.703. The smallest absolute Gasteiger partial charge is 0.251 e. The van der Waals surface area contributed by atoms with E-state index in [2.05, 4.69) is 10.6 Å². The molecule has 5 heteroatoms. The fourth-order valence-corrected chi connectivity index (χ4v) is 2.11. The van der Waals surface area contributed by atoms with Gasteiger partial charge >= 0.3 is 0 Å². The Bertz CT molecular complexity index is 442. The minimum absolute atomic E-state index is 0.0743. The van der Waals surface area contributed by atoms with Crippen molar-refractivity contribution < 1.29 is 9.53 Å². The van der Waals surface area contributed by atoms with Crippen LogP contribution in [0.15, 0.2) is 18.2 Å². The molecule has 0 radical (unpaired) electrons. The topological polar surface area (TPSA) is 76.4 Å². The van der Waals surface area contributed by atoms with Crippen molar-refractivity contribution in [2.24, 2.45) is 5.92 Å². The second kappa shape index (κ2) is 6.43. The Morgan fingerprint density at radius 2 is 2.37 bits per heavy atom. The van der Waals surface area contributed by atoms with Crippen molar-refractivity contribution in [1.82, 2.24) is 5.32 Å². The molecule has 0 bridgehead atoms. The van der Waals surface area contributed by atoms with E-state index in [4.69, 9.17) is 10.5 Å². The highest BCUT2D eigenvalue weighted by molar-refractivity contribution is 5.96. The van der Waals surface area contributed by atoms with E-state index in [1.807, 2.05) is 6.92 Å². The van der Waals surface area contributed by atoms with Crippen molar-refractivity contribution in [2.45, 2.75) is 13.3 Å². The van der Waals surface area contributed by atoms with E-state index >= 15 is 0 Å². The first-order valence-corrected chi connectivity index (χ1v) is 6.70. The summed E-state index contributed by atoms with van der Waals surface area (Å²) in [6.45, 7) is 4.96. The summed E-state index contributed by atoms with van der Waals surface area (Å²) < 4.78 is 5.33. The van der Waals surface area contributed by atoms with Crippen LogP contribution in [-0.4, -0.2) is 32.2 Å². The standard InChI is InChI=1S/C14H21N3O2/c1-2-16-14(18)11-3-4-12(15)13(7-11)17-8-10-5-6-19-9-10/h3-4,7,10,17H,2,5-6,8-9,15H2,1H3,(H,16,18). The van der Waals surface area contributed by atoms with E-state index in [1.54, 1.807) is 18.2 Å². The first-order valence-electron chi connectivity index (χ1n) is 6.70. The number of ether oxygens (including phenoxy) is 1. The minimum atomic E-state index is -0.0743. The number of amides is 1. The molecule has 4 N–H and O–H groups in total. The van der Waals surface area contributed by atoms with E-state index in [-0.39, 0.29) is 5.91 Å². The van der Waals surface area contributed by atoms with Crippen LogP contribution in [0.2, 0.25) is 0 Å². The molecular weight excluding hydrogens is 242 g/mol. The highest BCUT2D eigenvalue weighted by Crippen LogP contribution is 2.21. The molecule has 1 saturated heterocycles. The number of carbonyl (C=O) groups excluding carboxylic acids is 1. The van der Waals surface area contributed by atoms with Crippen molar-refractivity contribution in [3.05, 3.63) is 23.8 Å². The molecule has 1 fully saturated rings. The van der Waals surface area contributed by atoms with E-state index in [0.29, 0.717) is 23.7 Å². The molecule has 0 aliphatic carbocycles. The second-order valence-electron chi connectivity index (χ2n) is 4.77. The van der Waals surface area contributed by atoms with Crippen LogP contribution >= 0.6 is 0 Å². The van der Waals surface area contributed by atoms with Gasteiger partial charge < -0.3 is 21.1 Å². The summed E-state index contributed by atoms with van der Waals surface area (Å²) in [6.07, 6.45) is 1.07.